The summed E-state index contributed by atoms with van der Waals surface area (Å²) in [6.07, 6.45) is 2.54. The molecule has 24 heavy (non-hydrogen) atoms. The zero-order chi connectivity index (χ0) is 16.9. The fourth-order valence-corrected chi connectivity index (χ4v) is 3.31. The highest BCUT2D eigenvalue weighted by Crippen LogP contribution is 2.32. The predicted molar refractivity (Wildman–Crippen MR) is 95.0 cm³/mol. The number of nitrogens with zero attached hydrogens (tertiary/aromatic N) is 2. The van der Waals surface area contributed by atoms with Crippen molar-refractivity contribution >= 4 is 5.91 Å². The molecule has 2 aliphatic rings. The van der Waals surface area contributed by atoms with Crippen molar-refractivity contribution in [2.24, 2.45) is 5.92 Å². The van der Waals surface area contributed by atoms with E-state index in [0.717, 1.165) is 44.4 Å². The largest absolute Gasteiger partial charge is 0.497 e. The van der Waals surface area contributed by atoms with Gasteiger partial charge >= 0.3 is 0 Å². The Bertz CT molecular complexity index is 534. The standard InChI is InChI=1S/C19H29N3O2/c1-15(17-5-6-17)20-19(23)14-22-11-9-21(10-12-22)13-16-3-7-18(24-2)8-4-16/h3-4,7-8,15,17H,5-6,9-14H2,1-2H3,(H,20,23)/t15-/m0/s1. The van der Waals surface area contributed by atoms with Gasteiger partial charge in [-0.05, 0) is 43.4 Å². The lowest BCUT2D eigenvalue weighted by atomic mass is 10.2. The number of methoxy groups -OCH3 is 1. The summed E-state index contributed by atoms with van der Waals surface area (Å²) in [7, 11) is 1.69. The Morgan fingerprint density at radius 2 is 1.79 bits per heavy atom. The maximum Gasteiger partial charge on any atom is 0.234 e. The monoisotopic (exact) mass is 331 g/mol. The molecule has 0 bridgehead atoms. The van der Waals surface area contributed by atoms with Crippen molar-refractivity contribution in [2.75, 3.05) is 39.8 Å². The molecule has 1 heterocycles. The van der Waals surface area contributed by atoms with E-state index in [-0.39, 0.29) is 5.91 Å². The van der Waals surface area contributed by atoms with Crippen LogP contribution in [0.15, 0.2) is 24.3 Å². The maximum atomic E-state index is 12.1. The molecule has 1 amide bonds. The Kier molecular flexibility index (Phi) is 5.74. The summed E-state index contributed by atoms with van der Waals surface area (Å²) in [6.45, 7) is 7.57. The van der Waals surface area contributed by atoms with Crippen LogP contribution in [0.5, 0.6) is 5.75 Å². The van der Waals surface area contributed by atoms with Crippen molar-refractivity contribution in [1.29, 1.82) is 0 Å². The van der Waals surface area contributed by atoms with Crippen molar-refractivity contribution in [3.63, 3.8) is 0 Å². The molecule has 0 unspecified atom stereocenters. The summed E-state index contributed by atoms with van der Waals surface area (Å²) in [6, 6.07) is 8.61. The molecule has 1 saturated carbocycles. The van der Waals surface area contributed by atoms with Crippen LogP contribution >= 0.6 is 0 Å². The number of carbonyl (C=O) groups excluding carboxylic acids is 1. The number of ether oxygens (including phenoxy) is 1. The van der Waals surface area contributed by atoms with Gasteiger partial charge < -0.3 is 10.1 Å². The van der Waals surface area contributed by atoms with Gasteiger partial charge in [0.15, 0.2) is 0 Å². The fraction of sp³-hybridized carbons (Fsp3) is 0.632. The fourth-order valence-electron chi connectivity index (χ4n) is 3.31. The molecule has 0 radical (unpaired) electrons. The zero-order valence-corrected chi connectivity index (χ0v) is 14.8. The van der Waals surface area contributed by atoms with Gasteiger partial charge in [0.2, 0.25) is 5.91 Å². The van der Waals surface area contributed by atoms with E-state index in [1.54, 1.807) is 7.11 Å². The van der Waals surface area contributed by atoms with Crippen LogP contribution in [0.3, 0.4) is 0 Å². The topological polar surface area (TPSA) is 44.8 Å². The van der Waals surface area contributed by atoms with Crippen LogP contribution in [0, 0.1) is 5.92 Å². The first-order chi connectivity index (χ1) is 11.6. The van der Waals surface area contributed by atoms with E-state index in [9.17, 15) is 4.79 Å². The molecule has 1 N–H and O–H groups in total. The molecular formula is C19H29N3O2. The lowest BCUT2D eigenvalue weighted by Gasteiger charge is -2.34. The van der Waals surface area contributed by atoms with Crippen molar-refractivity contribution in [1.82, 2.24) is 15.1 Å². The Balaban J connectivity index is 1.37. The molecule has 1 aromatic rings. The van der Waals surface area contributed by atoms with Crippen LogP contribution < -0.4 is 10.1 Å². The van der Waals surface area contributed by atoms with Gasteiger partial charge in [-0.2, -0.15) is 0 Å². The minimum absolute atomic E-state index is 0.179. The van der Waals surface area contributed by atoms with Crippen LogP contribution in [0.1, 0.15) is 25.3 Å². The van der Waals surface area contributed by atoms with Gasteiger partial charge in [-0.1, -0.05) is 12.1 Å². The van der Waals surface area contributed by atoms with E-state index in [2.05, 4.69) is 34.2 Å². The van der Waals surface area contributed by atoms with Gasteiger partial charge in [0.25, 0.3) is 0 Å². The summed E-state index contributed by atoms with van der Waals surface area (Å²) in [4.78, 5) is 16.8. The molecule has 1 aliphatic carbocycles. The third-order valence-electron chi connectivity index (χ3n) is 5.12. The minimum atomic E-state index is 0.179. The van der Waals surface area contributed by atoms with Crippen molar-refractivity contribution in [3.8, 4) is 5.75 Å². The Hall–Kier alpha value is -1.59. The van der Waals surface area contributed by atoms with Crippen molar-refractivity contribution in [3.05, 3.63) is 29.8 Å². The molecule has 5 heteroatoms. The molecule has 1 aliphatic heterocycles. The average molecular weight is 331 g/mol. The average Bonchev–Trinajstić information content (AvgIpc) is 3.42. The zero-order valence-electron chi connectivity index (χ0n) is 14.8. The normalized spacial score (nSPS) is 20.6. The first-order valence-corrected chi connectivity index (χ1v) is 9.01. The summed E-state index contributed by atoms with van der Waals surface area (Å²) < 4.78 is 5.20. The molecule has 0 aromatic heterocycles. The van der Waals surface area contributed by atoms with E-state index in [4.69, 9.17) is 4.74 Å². The molecule has 5 nitrogen and oxygen atoms in total. The molecule has 132 valence electrons. The van der Waals surface area contributed by atoms with Crippen LogP contribution in [-0.4, -0.2) is 61.6 Å². The summed E-state index contributed by atoms with van der Waals surface area (Å²) in [5.74, 6) is 1.79. The second-order valence-corrected chi connectivity index (χ2v) is 7.09. The quantitative estimate of drug-likeness (QED) is 0.826. The highest BCUT2D eigenvalue weighted by molar-refractivity contribution is 5.78. The number of nitrogens with one attached hydrogen (secondary N) is 1. The highest BCUT2D eigenvalue weighted by atomic mass is 16.5. The molecule has 1 atom stereocenters. The number of benzene rings is 1. The number of hydrogen-bond acceptors (Lipinski definition) is 4. The van der Waals surface area contributed by atoms with E-state index in [1.165, 1.54) is 18.4 Å². The van der Waals surface area contributed by atoms with E-state index < -0.39 is 0 Å². The van der Waals surface area contributed by atoms with E-state index >= 15 is 0 Å². The van der Waals surface area contributed by atoms with Crippen molar-refractivity contribution in [2.45, 2.75) is 32.4 Å². The smallest absolute Gasteiger partial charge is 0.234 e. The molecule has 2 fully saturated rings. The lowest BCUT2D eigenvalue weighted by molar-refractivity contribution is -0.123. The third kappa shape index (κ3) is 4.95. The molecular weight excluding hydrogens is 302 g/mol. The summed E-state index contributed by atoms with van der Waals surface area (Å²) in [5.41, 5.74) is 1.31. The van der Waals surface area contributed by atoms with E-state index in [0.29, 0.717) is 12.6 Å². The van der Waals surface area contributed by atoms with Crippen LogP contribution in [0.4, 0.5) is 0 Å². The Morgan fingerprint density at radius 1 is 1.17 bits per heavy atom. The van der Waals surface area contributed by atoms with Gasteiger partial charge in [0, 0.05) is 38.8 Å². The highest BCUT2D eigenvalue weighted by Gasteiger charge is 2.29. The maximum absolute atomic E-state index is 12.1. The lowest BCUT2D eigenvalue weighted by Crippen LogP contribution is -2.50. The van der Waals surface area contributed by atoms with Gasteiger partial charge in [0.1, 0.15) is 5.75 Å². The van der Waals surface area contributed by atoms with Gasteiger partial charge in [0.05, 0.1) is 13.7 Å². The Labute approximate surface area is 145 Å². The minimum Gasteiger partial charge on any atom is -0.497 e. The number of rotatable bonds is 7. The number of amides is 1. The summed E-state index contributed by atoms with van der Waals surface area (Å²) >= 11 is 0. The van der Waals surface area contributed by atoms with Gasteiger partial charge in [-0.25, -0.2) is 0 Å². The molecule has 3 rings (SSSR count). The molecule has 0 spiro atoms. The third-order valence-corrected chi connectivity index (χ3v) is 5.12. The SMILES string of the molecule is COc1ccc(CN2CCN(CC(=O)N[C@@H](C)C3CC3)CC2)cc1. The van der Waals surface area contributed by atoms with E-state index in [1.807, 2.05) is 12.1 Å². The van der Waals surface area contributed by atoms with Crippen LogP contribution in [-0.2, 0) is 11.3 Å². The molecule has 1 saturated heterocycles. The van der Waals surface area contributed by atoms with Gasteiger partial charge in [-0.3, -0.25) is 14.6 Å². The van der Waals surface area contributed by atoms with Crippen LogP contribution in [0.2, 0.25) is 0 Å². The summed E-state index contributed by atoms with van der Waals surface area (Å²) in [5, 5.41) is 3.14. The second-order valence-electron chi connectivity index (χ2n) is 7.09. The first-order valence-electron chi connectivity index (χ1n) is 9.01. The number of carbonyl (C=O) groups is 1. The second kappa shape index (κ2) is 7.99. The Morgan fingerprint density at radius 3 is 2.38 bits per heavy atom. The number of piperazine rings is 1. The number of hydrogen-bond donors (Lipinski definition) is 1. The van der Waals surface area contributed by atoms with Crippen molar-refractivity contribution < 1.29 is 9.53 Å². The molecule has 1 aromatic carbocycles. The predicted octanol–water partition coefficient (Wildman–Crippen LogP) is 1.73. The van der Waals surface area contributed by atoms with Gasteiger partial charge in [-0.15, -0.1) is 0 Å². The first kappa shape index (κ1) is 17.2. The van der Waals surface area contributed by atoms with Crippen LogP contribution in [0.25, 0.3) is 0 Å².